The van der Waals surface area contributed by atoms with Crippen molar-refractivity contribution >= 4 is 27.3 Å². The van der Waals surface area contributed by atoms with E-state index >= 15 is 0 Å². The van der Waals surface area contributed by atoms with Gasteiger partial charge in [-0.25, -0.2) is 0 Å². The summed E-state index contributed by atoms with van der Waals surface area (Å²) in [6.45, 7) is 7.82. The number of ether oxygens (including phenoxy) is 1. The first kappa shape index (κ1) is 15.8. The van der Waals surface area contributed by atoms with Gasteiger partial charge in [0.05, 0.1) is 13.2 Å². The molecule has 0 saturated carbocycles. The van der Waals surface area contributed by atoms with E-state index < -0.39 is 11.4 Å². The highest BCUT2D eigenvalue weighted by atomic mass is 79.9. The van der Waals surface area contributed by atoms with Gasteiger partial charge in [-0.15, -0.1) is 4.72 Å². The standard InChI is InChI=1S/C13H20BrNO2S/c1-9(15-18(16)13(2,3)4)11-7-6-10(14)8-12(11)17-5/h6-9,15H,1-5H3/t9?,18-/m1/s1. The van der Waals surface area contributed by atoms with Crippen molar-refractivity contribution in [1.82, 2.24) is 4.72 Å². The monoisotopic (exact) mass is 333 g/mol. The summed E-state index contributed by atoms with van der Waals surface area (Å²) >= 11 is 2.31. The molecule has 0 radical (unpaired) electrons. The molecule has 1 aromatic rings. The average Bonchev–Trinajstić information content (AvgIpc) is 2.27. The second kappa shape index (κ2) is 6.28. The molecule has 0 heterocycles. The Labute approximate surface area is 121 Å². The summed E-state index contributed by atoms with van der Waals surface area (Å²) in [5.41, 5.74) is 0.998. The van der Waals surface area contributed by atoms with Gasteiger partial charge >= 0.3 is 0 Å². The Bertz CT molecular complexity index is 406. The molecule has 0 aromatic heterocycles. The molecule has 1 rings (SSSR count). The van der Waals surface area contributed by atoms with E-state index in [1.165, 1.54) is 0 Å². The van der Waals surface area contributed by atoms with Gasteiger partial charge in [-0.2, -0.15) is 0 Å². The van der Waals surface area contributed by atoms with Crippen LogP contribution in [0, 0.1) is 0 Å². The summed E-state index contributed by atoms with van der Waals surface area (Å²) in [7, 11) is 1.64. The predicted molar refractivity (Wildman–Crippen MR) is 80.1 cm³/mol. The number of benzene rings is 1. The maximum Gasteiger partial charge on any atom is 0.136 e. The van der Waals surface area contributed by atoms with Crippen LogP contribution < -0.4 is 9.46 Å². The molecule has 0 spiro atoms. The third kappa shape index (κ3) is 4.16. The topological polar surface area (TPSA) is 44.3 Å². The van der Waals surface area contributed by atoms with Crippen LogP contribution in [0.25, 0.3) is 0 Å². The normalized spacial score (nSPS) is 15.3. The number of rotatable bonds is 4. The fraction of sp³-hybridized carbons (Fsp3) is 0.538. The van der Waals surface area contributed by atoms with E-state index in [-0.39, 0.29) is 10.8 Å². The molecule has 0 fully saturated rings. The van der Waals surface area contributed by atoms with E-state index in [1.807, 2.05) is 45.9 Å². The summed E-state index contributed by atoms with van der Waals surface area (Å²) in [5.74, 6) is 0.787. The molecule has 3 nitrogen and oxygen atoms in total. The molecule has 5 heteroatoms. The van der Waals surface area contributed by atoms with E-state index in [9.17, 15) is 4.55 Å². The number of nitrogens with one attached hydrogen (secondary N) is 1. The minimum absolute atomic E-state index is 0.0342. The van der Waals surface area contributed by atoms with Crippen LogP contribution in [0.15, 0.2) is 22.7 Å². The highest BCUT2D eigenvalue weighted by molar-refractivity contribution is 9.10. The SMILES string of the molecule is COc1cc(Br)ccc1C(C)N[S@+]([O-])C(C)(C)C. The lowest BCUT2D eigenvalue weighted by molar-refractivity contribution is 0.404. The van der Waals surface area contributed by atoms with E-state index in [0.29, 0.717) is 0 Å². The Kier molecular flexibility index (Phi) is 5.52. The van der Waals surface area contributed by atoms with Gasteiger partial charge in [0.1, 0.15) is 10.5 Å². The maximum atomic E-state index is 12.1. The Balaban J connectivity index is 2.87. The van der Waals surface area contributed by atoms with Crippen molar-refractivity contribution in [2.24, 2.45) is 0 Å². The molecule has 102 valence electrons. The lowest BCUT2D eigenvalue weighted by Gasteiger charge is -2.27. The predicted octanol–water partition coefficient (Wildman–Crippen LogP) is 3.57. The molecule has 18 heavy (non-hydrogen) atoms. The number of hydrogen-bond acceptors (Lipinski definition) is 3. The molecule has 0 amide bonds. The number of methoxy groups -OCH3 is 1. The van der Waals surface area contributed by atoms with Crippen LogP contribution >= 0.6 is 15.9 Å². The van der Waals surface area contributed by atoms with Crippen molar-refractivity contribution in [1.29, 1.82) is 0 Å². The first-order chi connectivity index (χ1) is 8.25. The molecule has 1 aromatic carbocycles. The summed E-state index contributed by atoms with van der Waals surface area (Å²) < 4.78 is 21.2. The van der Waals surface area contributed by atoms with Gasteiger partial charge in [0.15, 0.2) is 0 Å². The molecule has 0 aliphatic carbocycles. The van der Waals surface area contributed by atoms with Crippen LogP contribution in [-0.4, -0.2) is 16.4 Å². The van der Waals surface area contributed by atoms with Crippen LogP contribution in [0.5, 0.6) is 5.75 Å². The van der Waals surface area contributed by atoms with Gasteiger partial charge in [0.2, 0.25) is 0 Å². The highest BCUT2D eigenvalue weighted by Crippen LogP contribution is 2.29. The van der Waals surface area contributed by atoms with Crippen molar-refractivity contribution in [2.75, 3.05) is 7.11 Å². The zero-order chi connectivity index (χ0) is 13.9. The van der Waals surface area contributed by atoms with E-state index in [4.69, 9.17) is 4.74 Å². The first-order valence-electron chi connectivity index (χ1n) is 5.77. The Morgan fingerprint density at radius 1 is 1.39 bits per heavy atom. The van der Waals surface area contributed by atoms with Crippen molar-refractivity contribution in [2.45, 2.75) is 38.5 Å². The van der Waals surface area contributed by atoms with E-state index in [2.05, 4.69) is 20.7 Å². The molecule has 1 unspecified atom stereocenters. The molecular formula is C13H20BrNO2S. The van der Waals surface area contributed by atoms with E-state index in [0.717, 1.165) is 15.8 Å². The minimum atomic E-state index is -1.10. The van der Waals surface area contributed by atoms with Crippen molar-refractivity contribution in [3.63, 3.8) is 0 Å². The zero-order valence-electron chi connectivity index (χ0n) is 11.4. The Morgan fingerprint density at radius 2 is 2.00 bits per heavy atom. The average molecular weight is 334 g/mol. The van der Waals surface area contributed by atoms with Crippen LogP contribution in [0.3, 0.4) is 0 Å². The van der Waals surface area contributed by atoms with Crippen LogP contribution in [-0.2, 0) is 11.4 Å². The van der Waals surface area contributed by atoms with Crippen LogP contribution in [0.4, 0.5) is 0 Å². The third-order valence-corrected chi connectivity index (χ3v) is 4.68. The second-order valence-corrected chi connectivity index (χ2v) is 8.02. The molecular weight excluding hydrogens is 314 g/mol. The minimum Gasteiger partial charge on any atom is -0.598 e. The summed E-state index contributed by atoms with van der Waals surface area (Å²) in [5, 5.41) is 0. The quantitative estimate of drug-likeness (QED) is 0.856. The zero-order valence-corrected chi connectivity index (χ0v) is 13.8. The van der Waals surface area contributed by atoms with Crippen molar-refractivity contribution in [3.05, 3.63) is 28.2 Å². The molecule has 0 aliphatic heterocycles. The van der Waals surface area contributed by atoms with Gasteiger partial charge < -0.3 is 9.29 Å². The maximum absolute atomic E-state index is 12.1. The Morgan fingerprint density at radius 3 is 2.50 bits per heavy atom. The fourth-order valence-electron chi connectivity index (χ4n) is 1.44. The molecule has 2 atom stereocenters. The van der Waals surface area contributed by atoms with Gasteiger partial charge in [0, 0.05) is 21.4 Å². The summed E-state index contributed by atoms with van der Waals surface area (Å²) in [6, 6.07) is 5.80. The second-order valence-electron chi connectivity index (χ2n) is 5.11. The molecule has 1 N–H and O–H groups in total. The van der Waals surface area contributed by atoms with Gasteiger partial charge in [-0.3, -0.25) is 0 Å². The van der Waals surface area contributed by atoms with Gasteiger partial charge in [0.25, 0.3) is 0 Å². The number of halogens is 1. The molecule has 0 bridgehead atoms. The van der Waals surface area contributed by atoms with Crippen LogP contribution in [0.1, 0.15) is 39.3 Å². The summed E-state index contributed by atoms with van der Waals surface area (Å²) in [4.78, 5) is 0. The lowest BCUT2D eigenvalue weighted by atomic mass is 10.1. The molecule has 0 aliphatic rings. The van der Waals surface area contributed by atoms with Gasteiger partial charge in [-0.1, -0.05) is 22.0 Å². The lowest BCUT2D eigenvalue weighted by Crippen LogP contribution is -2.40. The highest BCUT2D eigenvalue weighted by Gasteiger charge is 2.29. The Hall–Kier alpha value is -0.230. The van der Waals surface area contributed by atoms with Crippen molar-refractivity contribution < 1.29 is 9.29 Å². The smallest absolute Gasteiger partial charge is 0.136 e. The fourth-order valence-corrected chi connectivity index (χ4v) is 2.59. The first-order valence-corrected chi connectivity index (χ1v) is 7.71. The number of hydrogen-bond donors (Lipinski definition) is 1. The summed E-state index contributed by atoms with van der Waals surface area (Å²) in [6.07, 6.45) is 0. The van der Waals surface area contributed by atoms with Crippen LogP contribution in [0.2, 0.25) is 0 Å². The third-order valence-electron chi connectivity index (χ3n) is 2.50. The largest absolute Gasteiger partial charge is 0.598 e. The van der Waals surface area contributed by atoms with Gasteiger partial charge in [-0.05, 0) is 39.8 Å². The van der Waals surface area contributed by atoms with E-state index in [1.54, 1.807) is 7.11 Å². The van der Waals surface area contributed by atoms with Crippen molar-refractivity contribution in [3.8, 4) is 5.75 Å². The molecule has 0 saturated heterocycles.